The van der Waals surface area contributed by atoms with Crippen LogP contribution >= 0.6 is 0 Å². The molecule has 16 heavy (non-hydrogen) atoms. The maximum Gasteiger partial charge on any atom is 0.0724 e. The lowest BCUT2D eigenvalue weighted by Crippen LogP contribution is -2.40. The Morgan fingerprint density at radius 2 is 1.88 bits per heavy atom. The van der Waals surface area contributed by atoms with E-state index in [1.165, 1.54) is 38.5 Å². The summed E-state index contributed by atoms with van der Waals surface area (Å²) < 4.78 is 5.50. The molecule has 4 atom stereocenters. The number of methoxy groups -OCH3 is 1. The summed E-state index contributed by atoms with van der Waals surface area (Å²) in [6.07, 6.45) is 8.31. The average Bonchev–Trinajstić information content (AvgIpc) is 2.94. The first kappa shape index (κ1) is 12.3. The van der Waals surface area contributed by atoms with Crippen LogP contribution in [0.25, 0.3) is 0 Å². The molecule has 0 aliphatic heterocycles. The molecular formula is C13H26N2O. The molecular weight excluding hydrogens is 200 g/mol. The van der Waals surface area contributed by atoms with E-state index in [-0.39, 0.29) is 0 Å². The molecule has 2 saturated carbocycles. The molecule has 2 fully saturated rings. The zero-order chi connectivity index (χ0) is 11.4. The van der Waals surface area contributed by atoms with Crippen molar-refractivity contribution in [3.63, 3.8) is 0 Å². The lowest BCUT2D eigenvalue weighted by molar-refractivity contribution is 0.0832. The summed E-state index contributed by atoms with van der Waals surface area (Å²) in [4.78, 5) is 0. The minimum absolute atomic E-state index is 0.442. The van der Waals surface area contributed by atoms with Gasteiger partial charge < -0.3 is 15.8 Å². The van der Waals surface area contributed by atoms with Gasteiger partial charge >= 0.3 is 0 Å². The molecule has 0 aromatic heterocycles. The molecule has 3 N–H and O–H groups in total. The van der Waals surface area contributed by atoms with Crippen LogP contribution in [0.4, 0.5) is 0 Å². The highest BCUT2D eigenvalue weighted by Crippen LogP contribution is 2.31. The molecule has 0 radical (unpaired) electrons. The van der Waals surface area contributed by atoms with Gasteiger partial charge in [0, 0.05) is 13.2 Å². The molecule has 3 heteroatoms. The molecule has 2 aliphatic rings. The van der Waals surface area contributed by atoms with Gasteiger partial charge in [-0.2, -0.15) is 0 Å². The normalized spacial score (nSPS) is 39.4. The topological polar surface area (TPSA) is 47.3 Å². The van der Waals surface area contributed by atoms with Crippen LogP contribution in [0.2, 0.25) is 0 Å². The van der Waals surface area contributed by atoms with E-state index in [0.717, 1.165) is 24.9 Å². The molecule has 3 nitrogen and oxygen atoms in total. The number of hydrogen-bond acceptors (Lipinski definition) is 3. The van der Waals surface area contributed by atoms with Crippen molar-refractivity contribution in [1.29, 1.82) is 0 Å². The fraction of sp³-hybridized carbons (Fsp3) is 1.00. The summed E-state index contributed by atoms with van der Waals surface area (Å²) in [6.45, 7) is 2.01. The summed E-state index contributed by atoms with van der Waals surface area (Å²) in [6, 6.07) is 0.587. The van der Waals surface area contributed by atoms with Crippen molar-refractivity contribution < 1.29 is 4.74 Å². The summed E-state index contributed by atoms with van der Waals surface area (Å²) in [5.74, 6) is 1.57. The molecule has 2 aliphatic carbocycles. The Labute approximate surface area is 99.1 Å². The lowest BCUT2D eigenvalue weighted by Gasteiger charge is -2.24. The Bertz CT molecular complexity index is 188. The number of nitrogens with two attached hydrogens (primary N) is 1. The third-order valence-electron chi connectivity index (χ3n) is 4.52. The fourth-order valence-corrected chi connectivity index (χ4v) is 3.44. The molecule has 94 valence electrons. The van der Waals surface area contributed by atoms with Crippen molar-refractivity contribution >= 4 is 0 Å². The Morgan fingerprint density at radius 3 is 2.62 bits per heavy atom. The summed E-state index contributed by atoms with van der Waals surface area (Å²) >= 11 is 0. The average molecular weight is 226 g/mol. The predicted molar refractivity (Wildman–Crippen MR) is 66.3 cm³/mol. The van der Waals surface area contributed by atoms with E-state index < -0.39 is 0 Å². The summed E-state index contributed by atoms with van der Waals surface area (Å²) in [5.41, 5.74) is 5.81. The van der Waals surface area contributed by atoms with E-state index in [1.807, 2.05) is 7.11 Å². The van der Waals surface area contributed by atoms with E-state index in [2.05, 4.69) is 5.32 Å². The molecule has 2 rings (SSSR count). The van der Waals surface area contributed by atoms with Gasteiger partial charge in [-0.3, -0.25) is 0 Å². The van der Waals surface area contributed by atoms with Crippen LogP contribution < -0.4 is 11.1 Å². The van der Waals surface area contributed by atoms with Crippen LogP contribution in [-0.2, 0) is 4.74 Å². The maximum atomic E-state index is 5.81. The molecule has 0 amide bonds. The lowest BCUT2D eigenvalue weighted by atomic mass is 9.96. The van der Waals surface area contributed by atoms with E-state index in [0.29, 0.717) is 12.1 Å². The van der Waals surface area contributed by atoms with Gasteiger partial charge in [0.05, 0.1) is 6.10 Å². The highest BCUT2D eigenvalue weighted by Gasteiger charge is 2.30. The van der Waals surface area contributed by atoms with Crippen molar-refractivity contribution in [3.8, 4) is 0 Å². The first-order valence-electron chi connectivity index (χ1n) is 6.81. The second-order valence-corrected chi connectivity index (χ2v) is 5.41. The van der Waals surface area contributed by atoms with E-state index in [4.69, 9.17) is 10.5 Å². The molecule has 0 saturated heterocycles. The van der Waals surface area contributed by atoms with Gasteiger partial charge in [-0.1, -0.05) is 6.42 Å². The molecule has 0 bridgehead atoms. The molecule has 0 aromatic rings. The van der Waals surface area contributed by atoms with Crippen molar-refractivity contribution in [3.05, 3.63) is 0 Å². The second-order valence-electron chi connectivity index (χ2n) is 5.41. The maximum absolute atomic E-state index is 5.81. The van der Waals surface area contributed by atoms with E-state index in [9.17, 15) is 0 Å². The quantitative estimate of drug-likeness (QED) is 0.747. The van der Waals surface area contributed by atoms with Crippen LogP contribution in [0.3, 0.4) is 0 Å². The number of nitrogens with one attached hydrogen (secondary N) is 1. The van der Waals surface area contributed by atoms with Crippen molar-refractivity contribution in [2.24, 2.45) is 17.6 Å². The van der Waals surface area contributed by atoms with Gasteiger partial charge in [-0.25, -0.2) is 0 Å². The Hall–Kier alpha value is -0.120. The van der Waals surface area contributed by atoms with Gasteiger partial charge in [0.1, 0.15) is 0 Å². The highest BCUT2D eigenvalue weighted by atomic mass is 16.5. The number of rotatable bonds is 5. The molecule has 4 unspecified atom stereocenters. The van der Waals surface area contributed by atoms with E-state index in [1.54, 1.807) is 0 Å². The first-order valence-corrected chi connectivity index (χ1v) is 6.81. The van der Waals surface area contributed by atoms with Gasteiger partial charge in [-0.15, -0.1) is 0 Å². The summed E-state index contributed by atoms with van der Waals surface area (Å²) in [5, 5.41) is 3.71. The zero-order valence-electron chi connectivity index (χ0n) is 10.5. The predicted octanol–water partition coefficient (Wildman–Crippen LogP) is 1.52. The van der Waals surface area contributed by atoms with Crippen LogP contribution in [0.15, 0.2) is 0 Å². The molecule has 0 spiro atoms. The van der Waals surface area contributed by atoms with Crippen molar-refractivity contribution in [1.82, 2.24) is 5.32 Å². The van der Waals surface area contributed by atoms with Crippen LogP contribution in [-0.4, -0.2) is 32.3 Å². The Balaban J connectivity index is 1.74. The highest BCUT2D eigenvalue weighted by molar-refractivity contribution is 4.87. The third-order valence-corrected chi connectivity index (χ3v) is 4.52. The van der Waals surface area contributed by atoms with Gasteiger partial charge in [0.25, 0.3) is 0 Å². The van der Waals surface area contributed by atoms with Gasteiger partial charge in [-0.05, 0) is 57.0 Å². The first-order chi connectivity index (χ1) is 7.85. The number of hydrogen-bond donors (Lipinski definition) is 2. The second kappa shape index (κ2) is 5.99. The minimum Gasteiger partial charge on any atom is -0.380 e. The SMILES string of the molecule is COC1CCCC1NCC1CCCC1CN. The monoisotopic (exact) mass is 226 g/mol. The summed E-state index contributed by atoms with van der Waals surface area (Å²) in [7, 11) is 1.84. The van der Waals surface area contributed by atoms with E-state index >= 15 is 0 Å². The van der Waals surface area contributed by atoms with Crippen molar-refractivity contribution in [2.45, 2.75) is 50.7 Å². The van der Waals surface area contributed by atoms with Crippen LogP contribution in [0.1, 0.15) is 38.5 Å². The molecule has 0 heterocycles. The molecule has 0 aromatic carbocycles. The minimum atomic E-state index is 0.442. The fourth-order valence-electron chi connectivity index (χ4n) is 3.44. The van der Waals surface area contributed by atoms with Gasteiger partial charge in [0.2, 0.25) is 0 Å². The van der Waals surface area contributed by atoms with Crippen LogP contribution in [0.5, 0.6) is 0 Å². The third kappa shape index (κ3) is 2.76. The smallest absolute Gasteiger partial charge is 0.0724 e. The van der Waals surface area contributed by atoms with Crippen molar-refractivity contribution in [2.75, 3.05) is 20.2 Å². The number of ether oxygens (including phenoxy) is 1. The Kier molecular flexibility index (Phi) is 4.62. The largest absolute Gasteiger partial charge is 0.380 e. The standard InChI is InChI=1S/C13H26N2O/c1-16-13-7-3-6-12(13)15-9-11-5-2-4-10(11)8-14/h10-13,15H,2-9,14H2,1H3. The van der Waals surface area contributed by atoms with Gasteiger partial charge in [0.15, 0.2) is 0 Å². The zero-order valence-corrected chi connectivity index (χ0v) is 10.5. The Morgan fingerprint density at radius 1 is 1.12 bits per heavy atom. The van der Waals surface area contributed by atoms with Crippen LogP contribution in [0, 0.1) is 11.8 Å².